The molecule has 0 bridgehead atoms. The molecule has 16 rings (SSSR count). The summed E-state index contributed by atoms with van der Waals surface area (Å²) in [5.74, 6) is -0.174. The Kier molecular flexibility index (Phi) is 33.6. The van der Waals surface area contributed by atoms with Gasteiger partial charge in [0.05, 0.1) is 46.0 Å². The molecule has 3 saturated heterocycles. The van der Waals surface area contributed by atoms with Crippen molar-refractivity contribution in [1.29, 1.82) is 10.5 Å². The number of nitriles is 2. The number of anilines is 3. The van der Waals surface area contributed by atoms with Gasteiger partial charge in [0, 0.05) is 113 Å². The van der Waals surface area contributed by atoms with Crippen molar-refractivity contribution in [2.45, 2.75) is 107 Å². The highest BCUT2D eigenvalue weighted by atomic mass is 35.5. The van der Waals surface area contributed by atoms with Crippen LogP contribution in [0.4, 0.5) is 21.5 Å². The quantitative estimate of drug-likeness (QED) is 0.0282. The third-order valence-corrected chi connectivity index (χ3v) is 25.7. The second-order valence-corrected chi connectivity index (χ2v) is 36.2. The Morgan fingerprint density at radius 3 is 1.44 bits per heavy atom. The number of carbonyl (C=O) groups is 4. The van der Waals surface area contributed by atoms with Crippen LogP contribution in [0.3, 0.4) is 0 Å². The van der Waals surface area contributed by atoms with Crippen molar-refractivity contribution in [3.63, 3.8) is 0 Å². The normalized spacial score (nSPS) is 15.4. The number of carbonyl (C=O) groups excluding carboxylic acids is 3. The Balaban J connectivity index is 0.000000160. The van der Waals surface area contributed by atoms with E-state index in [4.69, 9.17) is 82.1 Å². The third kappa shape index (κ3) is 26.8. The van der Waals surface area contributed by atoms with Gasteiger partial charge in [-0.05, 0) is 242 Å². The lowest BCUT2D eigenvalue weighted by Gasteiger charge is -2.45. The monoisotopic (exact) mass is 1870 g/mol. The molecule has 5 N–H and O–H groups in total. The molecule has 4 fully saturated rings. The van der Waals surface area contributed by atoms with Gasteiger partial charge in [-0.2, -0.15) is 10.5 Å². The molecule has 678 valence electrons. The average molecular weight is 1870 g/mol. The number of amides is 3. The van der Waals surface area contributed by atoms with Gasteiger partial charge in [-0.25, -0.2) is 9.18 Å². The Morgan fingerprint density at radius 1 is 0.455 bits per heavy atom. The van der Waals surface area contributed by atoms with Gasteiger partial charge in [0.1, 0.15) is 36.3 Å². The molecule has 12 aromatic carbocycles. The summed E-state index contributed by atoms with van der Waals surface area (Å²) in [6.45, 7) is 6.63. The molecule has 3 aliphatic heterocycles. The lowest BCUT2D eigenvalue weighted by molar-refractivity contribution is -0.139. The summed E-state index contributed by atoms with van der Waals surface area (Å²) < 4.78 is 38.2. The van der Waals surface area contributed by atoms with Gasteiger partial charge in [-0.3, -0.25) is 29.5 Å². The highest BCUT2D eigenvalue weighted by molar-refractivity contribution is 6.36. The molecule has 1 aliphatic carbocycles. The number of piperidine rings is 3. The van der Waals surface area contributed by atoms with Gasteiger partial charge < -0.3 is 49.8 Å². The third-order valence-electron chi connectivity index (χ3n) is 24.5. The van der Waals surface area contributed by atoms with Crippen molar-refractivity contribution in [1.82, 2.24) is 24.9 Å². The van der Waals surface area contributed by atoms with E-state index in [1.807, 2.05) is 121 Å². The van der Waals surface area contributed by atoms with Crippen LogP contribution in [0.25, 0.3) is 33.4 Å². The number of carboxylic acids is 1. The highest BCUT2D eigenvalue weighted by Crippen LogP contribution is 2.43. The van der Waals surface area contributed by atoms with Crippen LogP contribution in [0.1, 0.15) is 109 Å². The lowest BCUT2D eigenvalue weighted by atomic mass is 9.79. The summed E-state index contributed by atoms with van der Waals surface area (Å²) in [4.78, 5) is 59.5. The number of aliphatic carboxylic acids is 1. The number of nitrogens with one attached hydrogen (secondary N) is 4. The predicted octanol–water partition coefficient (Wildman–Crippen LogP) is 23.3. The maximum atomic E-state index is 13.6. The average Bonchev–Trinajstić information content (AvgIpc) is 0.910. The predicted molar refractivity (Wildman–Crippen MR) is 522 cm³/mol. The maximum Gasteiger partial charge on any atom is 0.341 e. The summed E-state index contributed by atoms with van der Waals surface area (Å²) in [6, 6.07) is 93.3. The van der Waals surface area contributed by atoms with Crippen molar-refractivity contribution in [2.24, 2.45) is 0 Å². The molecular formula is C107H104Cl5FN10O9. The Hall–Kier alpha value is -11.8. The number of ether oxygens (including phenoxy) is 4. The molecule has 3 amide bonds. The minimum Gasteiger partial charge on any atom is -0.482 e. The summed E-state index contributed by atoms with van der Waals surface area (Å²) >= 11 is 30.4. The number of likely N-dealkylation sites (tertiary alicyclic amines) is 3. The maximum absolute atomic E-state index is 13.6. The molecule has 1 saturated carbocycles. The van der Waals surface area contributed by atoms with E-state index in [1.54, 1.807) is 54.6 Å². The van der Waals surface area contributed by atoms with Gasteiger partial charge in [0.2, 0.25) is 17.7 Å². The summed E-state index contributed by atoms with van der Waals surface area (Å²) in [6.07, 6.45) is 9.77. The molecule has 19 nitrogen and oxygen atoms in total. The van der Waals surface area contributed by atoms with Crippen LogP contribution in [0.15, 0.2) is 279 Å². The van der Waals surface area contributed by atoms with E-state index >= 15 is 0 Å². The number of para-hydroxylation sites is 2. The standard InChI is InChI=1S/C39H33Cl2N3O3.C35H31Cl2N3O5.C33H40ClFN4O/c40-33-22-34(41)24-35(23-33)43-38(45)27-46-39(32-14-12-30(13-15-32)31-8-4-6-28(20-31)25-42)16-18-44(19-17-39)26-29-7-5-11-37(21-29)47-36-9-2-1-3-10-36;36-29-17-30(37)19-31(18-29)39-33(41)22-45-35(28-10-8-25(9-11-28)26-6-3-4-24(16-26)20-38)12-14-40(15-13-35)21-27-5-1-2-7-32(27)44-23-34(42)43;1-38(2)23-24-6-5-7-26(20-24)25-10-12-27(13-11-25)33(16-18-39(19-17-33)29-8-3-4-9-29)36-22-32(40)37-28-14-15-31(35)30(34)21-28/h1-15,20-24H,16-19,26-27H2,(H,43,45);1-11,16-19H,12-15,21-23H2,(H,39,41)(H,42,43);5-7,10-15,20-21,29,36H,3-4,8-9,16-19,22-23H2,1-2H3,(H,37,40). The molecule has 0 radical (unpaired) electrons. The Bertz CT molecular complexity index is 6010. The number of benzene rings is 12. The summed E-state index contributed by atoms with van der Waals surface area (Å²) in [5, 5.41) is 41.6. The van der Waals surface area contributed by atoms with Crippen LogP contribution in [0.2, 0.25) is 25.1 Å². The van der Waals surface area contributed by atoms with E-state index in [9.17, 15) is 34.1 Å². The first kappa shape index (κ1) is 96.3. The Labute approximate surface area is 795 Å². The smallest absolute Gasteiger partial charge is 0.341 e. The molecule has 132 heavy (non-hydrogen) atoms. The summed E-state index contributed by atoms with van der Waals surface area (Å²) in [7, 11) is 4.17. The molecule has 12 aromatic rings. The number of hydrogen-bond donors (Lipinski definition) is 5. The minimum absolute atomic E-state index is 0.00569. The molecule has 4 aliphatic rings. The van der Waals surface area contributed by atoms with E-state index < -0.39 is 29.6 Å². The first-order valence-electron chi connectivity index (χ1n) is 44.2. The fourth-order valence-corrected chi connectivity index (χ4v) is 19.0. The first-order chi connectivity index (χ1) is 63.9. The molecular weight excluding hydrogens is 1770 g/mol. The van der Waals surface area contributed by atoms with E-state index in [1.165, 1.54) is 66.1 Å². The fraction of sp³-hybridized carbons (Fsp3) is 0.271. The van der Waals surface area contributed by atoms with Gasteiger partial charge in [0.15, 0.2) is 6.61 Å². The van der Waals surface area contributed by atoms with Crippen molar-refractivity contribution in [2.75, 3.05) is 95.7 Å². The van der Waals surface area contributed by atoms with Crippen LogP contribution in [-0.2, 0) is 65.0 Å². The first-order valence-corrected chi connectivity index (χ1v) is 46.1. The number of rotatable bonds is 30. The van der Waals surface area contributed by atoms with Crippen LogP contribution in [0.5, 0.6) is 17.2 Å². The van der Waals surface area contributed by atoms with Crippen molar-refractivity contribution >= 4 is 98.8 Å². The van der Waals surface area contributed by atoms with Crippen molar-refractivity contribution in [3.8, 4) is 62.8 Å². The van der Waals surface area contributed by atoms with Gasteiger partial charge in [0.25, 0.3) is 0 Å². The number of hydrogen-bond acceptors (Lipinski definition) is 15. The van der Waals surface area contributed by atoms with E-state index in [-0.39, 0.29) is 48.0 Å². The van der Waals surface area contributed by atoms with E-state index in [0.717, 1.165) is 108 Å². The van der Waals surface area contributed by atoms with Crippen LogP contribution >= 0.6 is 58.0 Å². The van der Waals surface area contributed by atoms with Gasteiger partial charge in [-0.1, -0.05) is 235 Å². The zero-order chi connectivity index (χ0) is 92.6. The molecule has 0 aromatic heterocycles. The zero-order valence-electron chi connectivity index (χ0n) is 73.6. The molecule has 0 atom stereocenters. The molecule has 0 spiro atoms. The van der Waals surface area contributed by atoms with Crippen LogP contribution in [-0.4, -0.2) is 134 Å². The largest absolute Gasteiger partial charge is 0.482 e. The van der Waals surface area contributed by atoms with E-state index in [2.05, 4.69) is 152 Å². The molecule has 0 unspecified atom stereocenters. The molecule has 25 heteroatoms. The van der Waals surface area contributed by atoms with Crippen molar-refractivity contribution < 1.29 is 47.6 Å². The second-order valence-electron chi connectivity index (χ2n) is 34.0. The Morgan fingerprint density at radius 2 is 0.924 bits per heavy atom. The van der Waals surface area contributed by atoms with E-state index in [0.29, 0.717) is 105 Å². The lowest BCUT2D eigenvalue weighted by Crippen LogP contribution is -2.54. The second kappa shape index (κ2) is 46.0. The SMILES string of the molecule is CN(C)Cc1cccc(-c2ccc(C3(NCC(=O)Nc4ccc(F)c(Cl)c4)CCN(C4CCCC4)CC3)cc2)c1.N#Cc1cccc(-c2ccc(C3(OCC(=O)Nc4cc(Cl)cc(Cl)c4)CCN(Cc4cccc(Oc5ccccc5)c4)CC3)cc2)c1.N#Cc1cccc(-c2ccc(C3(OCC(=O)Nc4cc(Cl)cc(Cl)c4)CCN(Cc4ccccc4OCC(=O)O)CC3)cc2)c1. The van der Waals surface area contributed by atoms with Gasteiger partial charge in [-0.15, -0.1) is 0 Å². The number of nitrogens with zero attached hydrogens (tertiary/aromatic N) is 6. The minimum atomic E-state index is -1.03. The number of halogens is 6. The number of carboxylic acid groups (broad SMARTS) is 1. The summed E-state index contributed by atoms with van der Waals surface area (Å²) in [5.41, 5.74) is 13.8. The fourth-order valence-electron chi connectivity index (χ4n) is 17.8. The van der Waals surface area contributed by atoms with Gasteiger partial charge >= 0.3 is 5.97 Å². The van der Waals surface area contributed by atoms with Crippen LogP contribution < -0.4 is 30.7 Å². The van der Waals surface area contributed by atoms with Crippen LogP contribution in [0, 0.1) is 28.5 Å². The van der Waals surface area contributed by atoms with Crippen molar-refractivity contribution in [3.05, 3.63) is 354 Å². The zero-order valence-corrected chi connectivity index (χ0v) is 77.3. The molecule has 3 heterocycles. The topological polar surface area (TPSA) is 234 Å². The highest BCUT2D eigenvalue weighted by Gasteiger charge is 2.42.